The fourth-order valence-corrected chi connectivity index (χ4v) is 3.66. The van der Waals surface area contributed by atoms with Crippen molar-refractivity contribution in [1.82, 2.24) is 9.21 Å². The van der Waals surface area contributed by atoms with Crippen LogP contribution in [0, 0.1) is 11.3 Å². The maximum atomic E-state index is 12.5. The molecule has 1 aliphatic heterocycles. The quantitative estimate of drug-likeness (QED) is 0.836. The van der Waals surface area contributed by atoms with Crippen LogP contribution in [0.15, 0.2) is 29.2 Å². The van der Waals surface area contributed by atoms with Gasteiger partial charge in [-0.05, 0) is 18.2 Å². The number of aliphatic carboxylic acids is 1. The SMILES string of the molecule is N#Cc1cccc(S(=O)(=O)N2CCN(CC(=O)O)CC2)c1. The molecule has 0 spiro atoms. The molecule has 1 N–H and O–H groups in total. The molecule has 21 heavy (non-hydrogen) atoms. The van der Waals surface area contributed by atoms with Gasteiger partial charge in [-0.15, -0.1) is 0 Å². The van der Waals surface area contributed by atoms with E-state index in [4.69, 9.17) is 10.4 Å². The van der Waals surface area contributed by atoms with Gasteiger partial charge in [-0.1, -0.05) is 6.07 Å². The van der Waals surface area contributed by atoms with Crippen LogP contribution >= 0.6 is 0 Å². The number of sulfonamides is 1. The van der Waals surface area contributed by atoms with Crippen LogP contribution in [0.4, 0.5) is 0 Å². The molecule has 1 fully saturated rings. The van der Waals surface area contributed by atoms with Gasteiger partial charge in [0.05, 0.1) is 23.1 Å². The van der Waals surface area contributed by atoms with Crippen molar-refractivity contribution in [1.29, 1.82) is 5.26 Å². The number of carboxylic acid groups (broad SMARTS) is 1. The van der Waals surface area contributed by atoms with Crippen LogP contribution in [0.1, 0.15) is 5.56 Å². The van der Waals surface area contributed by atoms with Gasteiger partial charge in [0.2, 0.25) is 10.0 Å². The molecular formula is C13H15N3O4S. The maximum absolute atomic E-state index is 12.5. The van der Waals surface area contributed by atoms with E-state index >= 15 is 0 Å². The van der Waals surface area contributed by atoms with Crippen LogP contribution in [-0.4, -0.2) is 61.4 Å². The molecule has 1 aromatic carbocycles. The highest BCUT2D eigenvalue weighted by atomic mass is 32.2. The van der Waals surface area contributed by atoms with E-state index in [9.17, 15) is 13.2 Å². The molecule has 0 radical (unpaired) electrons. The molecular weight excluding hydrogens is 294 g/mol. The fraction of sp³-hybridized carbons (Fsp3) is 0.385. The molecule has 0 aliphatic carbocycles. The van der Waals surface area contributed by atoms with E-state index in [1.165, 1.54) is 22.5 Å². The highest BCUT2D eigenvalue weighted by molar-refractivity contribution is 7.89. The third-order valence-corrected chi connectivity index (χ3v) is 5.19. The van der Waals surface area contributed by atoms with E-state index < -0.39 is 16.0 Å². The summed E-state index contributed by atoms with van der Waals surface area (Å²) in [7, 11) is -3.64. The lowest BCUT2D eigenvalue weighted by atomic mass is 10.2. The molecule has 8 heteroatoms. The zero-order valence-electron chi connectivity index (χ0n) is 11.3. The van der Waals surface area contributed by atoms with Gasteiger partial charge in [0, 0.05) is 26.2 Å². The first-order valence-electron chi connectivity index (χ1n) is 6.38. The normalized spacial score (nSPS) is 17.3. The van der Waals surface area contributed by atoms with Crippen LogP contribution in [0.3, 0.4) is 0 Å². The molecule has 2 rings (SSSR count). The first kappa shape index (κ1) is 15.4. The molecule has 1 heterocycles. The predicted octanol–water partition coefficient (Wildman–Crippen LogP) is -0.0508. The monoisotopic (exact) mass is 309 g/mol. The zero-order chi connectivity index (χ0) is 15.5. The summed E-state index contributed by atoms with van der Waals surface area (Å²) in [6, 6.07) is 7.80. The highest BCUT2D eigenvalue weighted by Crippen LogP contribution is 2.18. The summed E-state index contributed by atoms with van der Waals surface area (Å²) in [6.07, 6.45) is 0. The summed E-state index contributed by atoms with van der Waals surface area (Å²) in [5, 5.41) is 17.6. The fourth-order valence-electron chi connectivity index (χ4n) is 2.19. The molecule has 1 saturated heterocycles. The Kier molecular flexibility index (Phi) is 4.57. The van der Waals surface area contributed by atoms with Crippen molar-refractivity contribution in [2.75, 3.05) is 32.7 Å². The first-order chi connectivity index (χ1) is 9.93. The van der Waals surface area contributed by atoms with Crippen molar-refractivity contribution in [2.24, 2.45) is 0 Å². The minimum absolute atomic E-state index is 0.0855. The Balaban J connectivity index is 2.11. The van der Waals surface area contributed by atoms with E-state index in [0.717, 1.165) is 0 Å². The lowest BCUT2D eigenvalue weighted by molar-refractivity contribution is -0.138. The van der Waals surface area contributed by atoms with Crippen molar-refractivity contribution in [2.45, 2.75) is 4.90 Å². The van der Waals surface area contributed by atoms with Crippen LogP contribution < -0.4 is 0 Å². The van der Waals surface area contributed by atoms with E-state index in [-0.39, 0.29) is 24.5 Å². The van der Waals surface area contributed by atoms with Gasteiger partial charge in [0.25, 0.3) is 0 Å². The Hall–Kier alpha value is -1.95. The molecule has 0 atom stereocenters. The Morgan fingerprint density at radius 1 is 1.29 bits per heavy atom. The summed E-state index contributed by atoms with van der Waals surface area (Å²) >= 11 is 0. The summed E-state index contributed by atoms with van der Waals surface area (Å²) in [5.41, 5.74) is 0.292. The van der Waals surface area contributed by atoms with E-state index in [2.05, 4.69) is 0 Å². The van der Waals surface area contributed by atoms with Gasteiger partial charge in [0.1, 0.15) is 0 Å². The van der Waals surface area contributed by atoms with E-state index in [1.54, 1.807) is 11.0 Å². The molecule has 0 unspecified atom stereocenters. The number of hydrogen-bond acceptors (Lipinski definition) is 5. The smallest absolute Gasteiger partial charge is 0.317 e. The molecule has 0 bridgehead atoms. The maximum Gasteiger partial charge on any atom is 0.317 e. The van der Waals surface area contributed by atoms with Crippen molar-refractivity contribution in [3.8, 4) is 6.07 Å². The van der Waals surface area contributed by atoms with Crippen LogP contribution in [-0.2, 0) is 14.8 Å². The molecule has 0 aromatic heterocycles. The Morgan fingerprint density at radius 3 is 2.52 bits per heavy atom. The standard InChI is InChI=1S/C13H15N3O4S/c14-9-11-2-1-3-12(8-11)21(19,20)16-6-4-15(5-7-16)10-13(17)18/h1-3,8H,4-7,10H2,(H,17,18). The number of hydrogen-bond donors (Lipinski definition) is 1. The second-order valence-corrected chi connectivity index (χ2v) is 6.65. The lowest BCUT2D eigenvalue weighted by Gasteiger charge is -2.32. The zero-order valence-corrected chi connectivity index (χ0v) is 12.1. The predicted molar refractivity (Wildman–Crippen MR) is 74.0 cm³/mol. The lowest BCUT2D eigenvalue weighted by Crippen LogP contribution is -2.49. The molecule has 112 valence electrons. The van der Waals surface area contributed by atoms with E-state index in [1.807, 2.05) is 6.07 Å². The Labute approximate surface area is 123 Å². The van der Waals surface area contributed by atoms with Crippen LogP contribution in [0.5, 0.6) is 0 Å². The Morgan fingerprint density at radius 2 is 1.95 bits per heavy atom. The molecule has 1 aliphatic rings. The summed E-state index contributed by atoms with van der Waals surface area (Å²) in [4.78, 5) is 12.4. The molecule has 0 amide bonds. The number of nitrogens with zero attached hydrogens (tertiary/aromatic N) is 3. The molecule has 1 aromatic rings. The topological polar surface area (TPSA) is 102 Å². The summed E-state index contributed by atoms with van der Waals surface area (Å²) in [5.74, 6) is -0.923. The van der Waals surface area contributed by atoms with Gasteiger partial charge in [-0.25, -0.2) is 8.42 Å². The first-order valence-corrected chi connectivity index (χ1v) is 7.82. The number of nitriles is 1. The highest BCUT2D eigenvalue weighted by Gasteiger charge is 2.29. The second kappa shape index (κ2) is 6.22. The third kappa shape index (κ3) is 3.58. The largest absolute Gasteiger partial charge is 0.480 e. The van der Waals surface area contributed by atoms with Crippen molar-refractivity contribution in [3.05, 3.63) is 29.8 Å². The number of benzene rings is 1. The number of piperazine rings is 1. The summed E-state index contributed by atoms with van der Waals surface area (Å²) < 4.78 is 26.3. The molecule has 7 nitrogen and oxygen atoms in total. The molecule has 0 saturated carbocycles. The van der Waals surface area contributed by atoms with E-state index in [0.29, 0.717) is 18.7 Å². The second-order valence-electron chi connectivity index (χ2n) is 4.71. The van der Waals surface area contributed by atoms with Crippen molar-refractivity contribution < 1.29 is 18.3 Å². The van der Waals surface area contributed by atoms with Crippen molar-refractivity contribution in [3.63, 3.8) is 0 Å². The Bertz CT molecular complexity index is 673. The van der Waals surface area contributed by atoms with Gasteiger partial charge in [-0.3, -0.25) is 9.69 Å². The average molecular weight is 309 g/mol. The minimum atomic E-state index is -3.64. The summed E-state index contributed by atoms with van der Waals surface area (Å²) in [6.45, 7) is 1.16. The average Bonchev–Trinajstić information content (AvgIpc) is 2.47. The van der Waals surface area contributed by atoms with Gasteiger partial charge >= 0.3 is 5.97 Å². The van der Waals surface area contributed by atoms with Crippen LogP contribution in [0.25, 0.3) is 0 Å². The number of carboxylic acids is 1. The van der Waals surface area contributed by atoms with Crippen LogP contribution in [0.2, 0.25) is 0 Å². The van der Waals surface area contributed by atoms with Crippen molar-refractivity contribution >= 4 is 16.0 Å². The number of rotatable bonds is 4. The van der Waals surface area contributed by atoms with Gasteiger partial charge in [-0.2, -0.15) is 9.57 Å². The van der Waals surface area contributed by atoms with Gasteiger partial charge < -0.3 is 5.11 Å². The number of carbonyl (C=O) groups is 1. The minimum Gasteiger partial charge on any atom is -0.480 e. The third-order valence-electron chi connectivity index (χ3n) is 3.29. The van der Waals surface area contributed by atoms with Gasteiger partial charge in [0.15, 0.2) is 0 Å².